The lowest BCUT2D eigenvalue weighted by molar-refractivity contribution is 0.0948. The summed E-state index contributed by atoms with van der Waals surface area (Å²) in [4.78, 5) is 20.5. The van der Waals surface area contributed by atoms with Crippen LogP contribution >= 0.6 is 0 Å². The Morgan fingerprint density at radius 1 is 1.43 bits per heavy atom. The summed E-state index contributed by atoms with van der Waals surface area (Å²) in [6, 6.07) is 5.49. The van der Waals surface area contributed by atoms with Crippen molar-refractivity contribution in [3.63, 3.8) is 0 Å². The maximum absolute atomic E-state index is 11.5. The molecule has 1 aliphatic heterocycles. The molecule has 0 bridgehead atoms. The fourth-order valence-corrected chi connectivity index (χ4v) is 2.84. The minimum absolute atomic E-state index is 0.346. The summed E-state index contributed by atoms with van der Waals surface area (Å²) in [6.07, 6.45) is 2.45. The molecule has 0 atom stereocenters. The van der Waals surface area contributed by atoms with Crippen molar-refractivity contribution in [1.82, 2.24) is 20.2 Å². The number of nitrogens with one attached hydrogen (secondary N) is 1. The van der Waals surface area contributed by atoms with Crippen molar-refractivity contribution in [1.29, 1.82) is 0 Å². The van der Waals surface area contributed by atoms with Gasteiger partial charge in [-0.3, -0.25) is 15.1 Å². The van der Waals surface area contributed by atoms with Gasteiger partial charge < -0.3 is 4.90 Å². The van der Waals surface area contributed by atoms with Gasteiger partial charge in [-0.25, -0.2) is 10.8 Å². The highest BCUT2D eigenvalue weighted by molar-refractivity contribution is 5.91. The number of hydrogen-bond donors (Lipinski definition) is 2. The van der Waals surface area contributed by atoms with E-state index in [-0.39, 0.29) is 5.91 Å². The fourth-order valence-electron chi connectivity index (χ4n) is 2.84. The second-order valence-electron chi connectivity index (χ2n) is 5.97. The van der Waals surface area contributed by atoms with Crippen molar-refractivity contribution in [3.8, 4) is 0 Å². The lowest BCUT2D eigenvalue weighted by atomic mass is 9.96. The van der Waals surface area contributed by atoms with Crippen molar-refractivity contribution in [3.05, 3.63) is 29.6 Å². The van der Waals surface area contributed by atoms with Crippen LogP contribution in [-0.2, 0) is 6.54 Å². The van der Waals surface area contributed by atoms with Gasteiger partial charge in [0.05, 0.1) is 5.69 Å². The quantitative estimate of drug-likeness (QED) is 0.468. The molecular formula is C15H25N5O. The molecule has 1 saturated heterocycles. The third-order valence-electron chi connectivity index (χ3n) is 3.89. The summed E-state index contributed by atoms with van der Waals surface area (Å²) in [5.74, 6) is 5.58. The zero-order chi connectivity index (χ0) is 15.2. The number of pyridine rings is 1. The summed E-state index contributed by atoms with van der Waals surface area (Å²) in [7, 11) is 4.26. The van der Waals surface area contributed by atoms with E-state index in [0.717, 1.165) is 37.8 Å². The first kappa shape index (κ1) is 15.9. The molecule has 6 heteroatoms. The molecule has 1 fully saturated rings. The molecule has 2 heterocycles. The molecule has 6 nitrogen and oxygen atoms in total. The van der Waals surface area contributed by atoms with E-state index >= 15 is 0 Å². The predicted molar refractivity (Wildman–Crippen MR) is 82.4 cm³/mol. The number of carbonyl (C=O) groups is 1. The Morgan fingerprint density at radius 2 is 2.14 bits per heavy atom. The van der Waals surface area contributed by atoms with Gasteiger partial charge in [0.25, 0.3) is 5.91 Å². The number of hydrazine groups is 1. The summed E-state index contributed by atoms with van der Waals surface area (Å²) in [6.45, 7) is 4.14. The number of piperidine rings is 1. The highest BCUT2D eigenvalue weighted by atomic mass is 16.2. The first-order chi connectivity index (χ1) is 10.1. The topological polar surface area (TPSA) is 74.5 Å². The van der Waals surface area contributed by atoms with E-state index in [1.165, 1.54) is 12.8 Å². The smallest absolute Gasteiger partial charge is 0.283 e. The van der Waals surface area contributed by atoms with Gasteiger partial charge in [0.1, 0.15) is 5.69 Å². The highest BCUT2D eigenvalue weighted by Gasteiger charge is 2.20. The van der Waals surface area contributed by atoms with Crippen LogP contribution in [0.4, 0.5) is 0 Å². The summed E-state index contributed by atoms with van der Waals surface area (Å²) >= 11 is 0. The van der Waals surface area contributed by atoms with Crippen LogP contribution in [-0.4, -0.2) is 54.4 Å². The molecule has 1 aromatic heterocycles. The first-order valence-corrected chi connectivity index (χ1v) is 7.42. The summed E-state index contributed by atoms with van der Waals surface area (Å²) in [5, 5.41) is 0. The van der Waals surface area contributed by atoms with Crippen LogP contribution in [0.1, 0.15) is 29.0 Å². The van der Waals surface area contributed by atoms with E-state index in [1.54, 1.807) is 6.07 Å². The fraction of sp³-hybridized carbons (Fsp3) is 0.600. The Labute approximate surface area is 126 Å². The van der Waals surface area contributed by atoms with E-state index in [2.05, 4.69) is 34.3 Å². The van der Waals surface area contributed by atoms with E-state index in [9.17, 15) is 4.79 Å². The number of nitrogens with zero attached hydrogens (tertiary/aromatic N) is 3. The zero-order valence-electron chi connectivity index (χ0n) is 12.9. The monoisotopic (exact) mass is 291 g/mol. The number of amides is 1. The first-order valence-electron chi connectivity index (χ1n) is 7.42. The van der Waals surface area contributed by atoms with Crippen molar-refractivity contribution in [2.45, 2.75) is 19.4 Å². The van der Waals surface area contributed by atoms with Gasteiger partial charge in [0, 0.05) is 13.1 Å². The number of carbonyl (C=O) groups excluding carboxylic acids is 1. The Hall–Kier alpha value is -1.50. The Bertz CT molecular complexity index is 469. The van der Waals surface area contributed by atoms with Gasteiger partial charge in [-0.05, 0) is 58.1 Å². The number of nitrogen functional groups attached to an aromatic ring is 1. The van der Waals surface area contributed by atoms with Crippen molar-refractivity contribution >= 4 is 5.91 Å². The lowest BCUT2D eigenvalue weighted by Gasteiger charge is -2.33. The molecule has 2 rings (SSSR count). The second kappa shape index (κ2) is 7.49. The maximum atomic E-state index is 11.5. The van der Waals surface area contributed by atoms with Crippen molar-refractivity contribution < 1.29 is 4.79 Å². The summed E-state index contributed by atoms with van der Waals surface area (Å²) < 4.78 is 0. The molecule has 0 spiro atoms. The van der Waals surface area contributed by atoms with Crippen LogP contribution in [0, 0.1) is 5.92 Å². The molecule has 1 aliphatic rings. The highest BCUT2D eigenvalue weighted by Crippen LogP contribution is 2.19. The van der Waals surface area contributed by atoms with Crippen LogP contribution in [0.15, 0.2) is 18.2 Å². The Morgan fingerprint density at radius 3 is 2.76 bits per heavy atom. The molecule has 116 valence electrons. The number of hydrogen-bond acceptors (Lipinski definition) is 5. The van der Waals surface area contributed by atoms with E-state index in [0.29, 0.717) is 5.69 Å². The molecule has 21 heavy (non-hydrogen) atoms. The number of rotatable bonds is 5. The molecule has 0 aromatic carbocycles. The van der Waals surface area contributed by atoms with Crippen molar-refractivity contribution in [2.24, 2.45) is 11.8 Å². The molecule has 0 aliphatic carbocycles. The van der Waals surface area contributed by atoms with Crippen LogP contribution < -0.4 is 11.3 Å². The maximum Gasteiger partial charge on any atom is 0.283 e. The standard InChI is InChI=1S/C15H25N5O/c1-19(2)10-12-6-8-20(9-7-12)11-13-4-3-5-14(17-13)15(21)18-16/h3-5,12H,6-11,16H2,1-2H3,(H,18,21). The minimum Gasteiger partial charge on any atom is -0.309 e. The second-order valence-corrected chi connectivity index (χ2v) is 5.97. The van der Waals surface area contributed by atoms with Gasteiger partial charge in [0.15, 0.2) is 0 Å². The molecule has 0 saturated carbocycles. The number of likely N-dealkylation sites (tertiary alicyclic amines) is 1. The molecular weight excluding hydrogens is 266 g/mol. The lowest BCUT2D eigenvalue weighted by Crippen LogP contribution is -2.37. The van der Waals surface area contributed by atoms with Crippen LogP contribution in [0.5, 0.6) is 0 Å². The molecule has 3 N–H and O–H groups in total. The average Bonchev–Trinajstić information content (AvgIpc) is 2.48. The van der Waals surface area contributed by atoms with E-state index < -0.39 is 0 Å². The van der Waals surface area contributed by atoms with Gasteiger partial charge in [0.2, 0.25) is 0 Å². The predicted octanol–water partition coefficient (Wildman–Crippen LogP) is 0.459. The molecule has 0 radical (unpaired) electrons. The van der Waals surface area contributed by atoms with Gasteiger partial charge >= 0.3 is 0 Å². The van der Waals surface area contributed by atoms with E-state index in [1.807, 2.05) is 12.1 Å². The van der Waals surface area contributed by atoms with Gasteiger partial charge in [-0.1, -0.05) is 6.07 Å². The number of aromatic nitrogens is 1. The molecule has 1 aromatic rings. The third-order valence-corrected chi connectivity index (χ3v) is 3.89. The van der Waals surface area contributed by atoms with Crippen LogP contribution in [0.3, 0.4) is 0 Å². The number of nitrogens with two attached hydrogens (primary N) is 1. The van der Waals surface area contributed by atoms with E-state index in [4.69, 9.17) is 5.84 Å². The zero-order valence-corrected chi connectivity index (χ0v) is 12.9. The normalized spacial score (nSPS) is 17.1. The van der Waals surface area contributed by atoms with Crippen molar-refractivity contribution in [2.75, 3.05) is 33.7 Å². The Balaban J connectivity index is 1.87. The summed E-state index contributed by atoms with van der Waals surface area (Å²) in [5.41, 5.74) is 3.41. The third kappa shape index (κ3) is 4.77. The van der Waals surface area contributed by atoms with Crippen LogP contribution in [0.25, 0.3) is 0 Å². The average molecular weight is 291 g/mol. The largest absolute Gasteiger partial charge is 0.309 e. The molecule has 1 amide bonds. The Kier molecular flexibility index (Phi) is 5.67. The minimum atomic E-state index is -0.346. The van der Waals surface area contributed by atoms with Crippen LogP contribution in [0.2, 0.25) is 0 Å². The molecule has 0 unspecified atom stereocenters. The van der Waals surface area contributed by atoms with Gasteiger partial charge in [-0.2, -0.15) is 0 Å². The SMILES string of the molecule is CN(C)CC1CCN(Cc2cccc(C(=O)NN)n2)CC1. The van der Waals surface area contributed by atoms with Gasteiger partial charge in [-0.15, -0.1) is 0 Å².